The zero-order valence-corrected chi connectivity index (χ0v) is 24.6. The van der Waals surface area contributed by atoms with Crippen LogP contribution in [0, 0.1) is 12.8 Å². The van der Waals surface area contributed by atoms with Crippen LogP contribution >= 0.6 is 11.3 Å². The Balaban J connectivity index is 1.31. The lowest BCUT2D eigenvalue weighted by Gasteiger charge is -2.32. The highest BCUT2D eigenvalue weighted by molar-refractivity contribution is 7.90. The van der Waals surface area contributed by atoms with Gasteiger partial charge in [-0.05, 0) is 74.4 Å². The summed E-state index contributed by atoms with van der Waals surface area (Å²) >= 11 is 1.39. The van der Waals surface area contributed by atoms with E-state index in [1.165, 1.54) is 11.3 Å². The van der Waals surface area contributed by atoms with E-state index in [2.05, 4.69) is 22.2 Å². The lowest BCUT2D eigenvalue weighted by atomic mass is 10.0. The van der Waals surface area contributed by atoms with Crippen molar-refractivity contribution in [2.24, 2.45) is 5.92 Å². The molecule has 3 aliphatic rings. The van der Waals surface area contributed by atoms with E-state index in [1.807, 2.05) is 36.1 Å². The normalized spacial score (nSPS) is 18.4. The van der Waals surface area contributed by atoms with Gasteiger partial charge in [-0.1, -0.05) is 17.4 Å². The smallest absolute Gasteiger partial charge is 0.325 e. The highest BCUT2D eigenvalue weighted by atomic mass is 32.2. The minimum absolute atomic E-state index is 0.0725. The van der Waals surface area contributed by atoms with Gasteiger partial charge in [0.15, 0.2) is 15.0 Å². The van der Waals surface area contributed by atoms with E-state index in [-0.39, 0.29) is 22.9 Å². The van der Waals surface area contributed by atoms with Crippen LogP contribution in [0.3, 0.4) is 0 Å². The van der Waals surface area contributed by atoms with Gasteiger partial charge < -0.3 is 15.1 Å². The Morgan fingerprint density at radius 3 is 2.62 bits per heavy atom. The largest absolute Gasteiger partial charge is 0.331 e. The van der Waals surface area contributed by atoms with E-state index in [1.54, 1.807) is 22.9 Å². The van der Waals surface area contributed by atoms with Crippen LogP contribution in [0.4, 0.5) is 21.6 Å². The molecule has 1 N–H and O–H groups in total. The molecule has 12 heteroatoms. The third kappa shape index (κ3) is 4.83. The molecule has 1 aliphatic carbocycles. The van der Waals surface area contributed by atoms with Crippen molar-refractivity contribution in [1.82, 2.24) is 19.8 Å². The van der Waals surface area contributed by atoms with Gasteiger partial charge in [0.05, 0.1) is 21.0 Å². The number of pyridine rings is 1. The molecular formula is C28H32N6O4S2. The molecule has 210 valence electrons. The molecule has 4 heterocycles. The Hall–Kier alpha value is -3.51. The maximum absolute atomic E-state index is 13.3. The minimum Gasteiger partial charge on any atom is -0.331 e. The summed E-state index contributed by atoms with van der Waals surface area (Å²) in [4.78, 5) is 41.3. The SMILES string of the molecule is Cc1nc(Nc2cccc(N3CCCN(C)C3=O)n2)sc1-c1cc2c(c(S(C)(=O)=O)c1)C(=O)N([C@@H](C)C1CC1)C2. The number of sulfone groups is 1. The van der Waals surface area contributed by atoms with Crippen molar-refractivity contribution < 1.29 is 18.0 Å². The first-order valence-electron chi connectivity index (χ1n) is 13.4. The molecule has 3 aromatic rings. The second kappa shape index (κ2) is 9.84. The van der Waals surface area contributed by atoms with E-state index >= 15 is 0 Å². The molecule has 1 saturated heterocycles. The number of amides is 3. The van der Waals surface area contributed by atoms with Gasteiger partial charge in [-0.25, -0.2) is 23.2 Å². The fraction of sp³-hybridized carbons (Fsp3) is 0.429. The first-order chi connectivity index (χ1) is 19.0. The van der Waals surface area contributed by atoms with Crippen molar-refractivity contribution in [1.29, 1.82) is 0 Å². The van der Waals surface area contributed by atoms with Crippen LogP contribution in [0.15, 0.2) is 35.2 Å². The maximum atomic E-state index is 13.3. The summed E-state index contributed by atoms with van der Waals surface area (Å²) < 4.78 is 25.7. The quantitative estimate of drug-likeness (QED) is 0.432. The number of hydrogen-bond acceptors (Lipinski definition) is 8. The highest BCUT2D eigenvalue weighted by Gasteiger charge is 2.41. The number of rotatable bonds is 7. The fourth-order valence-corrected chi connectivity index (χ4v) is 7.46. The second-order valence-electron chi connectivity index (χ2n) is 10.9. The monoisotopic (exact) mass is 580 g/mol. The second-order valence-corrected chi connectivity index (χ2v) is 13.9. The lowest BCUT2D eigenvalue weighted by Crippen LogP contribution is -2.47. The number of anilines is 3. The Bertz CT molecular complexity index is 1630. The van der Waals surface area contributed by atoms with Gasteiger partial charge in [-0.15, -0.1) is 0 Å². The van der Waals surface area contributed by atoms with Crippen LogP contribution in [0.25, 0.3) is 10.4 Å². The number of nitrogens with one attached hydrogen (secondary N) is 1. The number of benzene rings is 1. The van der Waals surface area contributed by atoms with Crippen molar-refractivity contribution in [3.63, 3.8) is 0 Å². The Labute approximate surface area is 237 Å². The van der Waals surface area contributed by atoms with E-state index in [9.17, 15) is 18.0 Å². The first kappa shape index (κ1) is 26.7. The van der Waals surface area contributed by atoms with Gasteiger partial charge in [0.25, 0.3) is 5.91 Å². The van der Waals surface area contributed by atoms with Crippen molar-refractivity contribution in [2.45, 2.75) is 50.6 Å². The van der Waals surface area contributed by atoms with Crippen LogP contribution in [0.5, 0.6) is 0 Å². The minimum atomic E-state index is -3.65. The molecule has 1 saturated carbocycles. The number of fused-ring (bicyclic) bond motifs is 1. The number of carbonyl (C=O) groups excluding carboxylic acids is 2. The van der Waals surface area contributed by atoms with Crippen molar-refractivity contribution in [2.75, 3.05) is 36.6 Å². The number of carbonyl (C=O) groups is 2. The van der Waals surface area contributed by atoms with Gasteiger partial charge in [-0.3, -0.25) is 9.69 Å². The zero-order valence-electron chi connectivity index (χ0n) is 23.0. The molecular weight excluding hydrogens is 548 g/mol. The van der Waals surface area contributed by atoms with Crippen molar-refractivity contribution in [3.8, 4) is 10.4 Å². The van der Waals surface area contributed by atoms with Crippen molar-refractivity contribution >= 4 is 49.9 Å². The number of aromatic nitrogens is 2. The summed E-state index contributed by atoms with van der Waals surface area (Å²) in [5, 5.41) is 3.85. The van der Waals surface area contributed by atoms with Gasteiger partial charge in [0.2, 0.25) is 0 Å². The molecule has 3 amide bonds. The number of aryl methyl sites for hydroxylation is 1. The molecule has 10 nitrogen and oxygen atoms in total. The maximum Gasteiger partial charge on any atom is 0.325 e. The third-order valence-electron chi connectivity index (χ3n) is 7.93. The van der Waals surface area contributed by atoms with Gasteiger partial charge in [0.1, 0.15) is 11.6 Å². The molecule has 0 radical (unpaired) electrons. The topological polar surface area (TPSA) is 116 Å². The molecule has 40 heavy (non-hydrogen) atoms. The summed E-state index contributed by atoms with van der Waals surface area (Å²) in [5.74, 6) is 1.41. The number of nitrogens with zero attached hydrogens (tertiary/aromatic N) is 5. The zero-order chi connectivity index (χ0) is 28.3. The summed E-state index contributed by atoms with van der Waals surface area (Å²) in [6.07, 6.45) is 4.23. The Morgan fingerprint density at radius 2 is 1.90 bits per heavy atom. The fourth-order valence-electron chi connectivity index (χ4n) is 5.57. The Kier molecular flexibility index (Phi) is 6.57. The number of hydrogen-bond donors (Lipinski definition) is 1. The number of urea groups is 1. The summed E-state index contributed by atoms with van der Waals surface area (Å²) in [5.41, 5.74) is 2.50. The number of thiazole rings is 1. The third-order valence-corrected chi connectivity index (χ3v) is 10.2. The summed E-state index contributed by atoms with van der Waals surface area (Å²) in [6.45, 7) is 5.68. The molecule has 2 fully saturated rings. The molecule has 1 atom stereocenters. The van der Waals surface area contributed by atoms with Gasteiger partial charge in [0, 0.05) is 39.0 Å². The summed E-state index contributed by atoms with van der Waals surface area (Å²) in [6, 6.07) is 9.02. The molecule has 0 spiro atoms. The average Bonchev–Trinajstić information content (AvgIpc) is 3.62. The molecule has 6 rings (SSSR count). The molecule has 2 aliphatic heterocycles. The van der Waals surface area contributed by atoms with Crippen LogP contribution in [0.2, 0.25) is 0 Å². The summed E-state index contributed by atoms with van der Waals surface area (Å²) in [7, 11) is -1.86. The molecule has 2 aromatic heterocycles. The van der Waals surface area contributed by atoms with Gasteiger partial charge >= 0.3 is 6.03 Å². The predicted molar refractivity (Wildman–Crippen MR) is 155 cm³/mol. The molecule has 0 bridgehead atoms. The van der Waals surface area contributed by atoms with E-state index in [0.717, 1.165) is 53.8 Å². The molecule has 1 aromatic carbocycles. The average molecular weight is 581 g/mol. The highest BCUT2D eigenvalue weighted by Crippen LogP contribution is 2.42. The predicted octanol–water partition coefficient (Wildman–Crippen LogP) is 4.68. The van der Waals surface area contributed by atoms with E-state index < -0.39 is 9.84 Å². The van der Waals surface area contributed by atoms with Crippen molar-refractivity contribution in [3.05, 3.63) is 47.2 Å². The van der Waals surface area contributed by atoms with Crippen LogP contribution < -0.4 is 10.2 Å². The van der Waals surface area contributed by atoms with Crippen LogP contribution in [-0.2, 0) is 16.4 Å². The standard InChI is InChI=1S/C28H32N6O4S2/c1-16-25(39-27(29-16)31-22-7-5-8-23(30-22)33-12-6-11-32(3)28(33)36)19-13-20-15-34(17(2)18-9-10-18)26(35)24(20)21(14-19)40(4,37)38/h5,7-8,13-14,17-18H,6,9-12,15H2,1-4H3,(H,29,30,31)/t17-/m0/s1. The Morgan fingerprint density at radius 1 is 1.12 bits per heavy atom. The van der Waals surface area contributed by atoms with Crippen LogP contribution in [0.1, 0.15) is 47.8 Å². The van der Waals surface area contributed by atoms with Crippen LogP contribution in [-0.4, -0.2) is 72.6 Å². The lowest BCUT2D eigenvalue weighted by molar-refractivity contribution is 0.0694. The first-order valence-corrected chi connectivity index (χ1v) is 16.1. The van der Waals surface area contributed by atoms with E-state index in [0.29, 0.717) is 41.3 Å². The molecule has 0 unspecified atom stereocenters. The van der Waals surface area contributed by atoms with Gasteiger partial charge in [-0.2, -0.15) is 0 Å². The van der Waals surface area contributed by atoms with E-state index in [4.69, 9.17) is 0 Å².